The quantitative estimate of drug-likeness (QED) is 0.699. The summed E-state index contributed by atoms with van der Waals surface area (Å²) in [5.41, 5.74) is 5.33. The normalized spacial score (nSPS) is 17.4. The first kappa shape index (κ1) is 20.7. The molecule has 1 rings (SSSR count). The minimum Gasteiger partial charge on any atom is -0.354 e. The molecule has 1 aliphatic heterocycles. The molecule has 0 aliphatic carbocycles. The molecule has 0 saturated carbocycles. The molecule has 7 nitrogen and oxygen atoms in total. The number of hydrogen-bond acceptors (Lipinski definition) is 4. The zero-order valence-electron chi connectivity index (χ0n) is 13.3. The first-order valence-electron chi connectivity index (χ1n) is 7.43. The standard InChI is InChI=1S/C14H26N4O3.ClH/c1-11(19)17(2)10-14(21)18-8-4-3-5-12(18)9-16-13(20)6-7-15;/h12H,3-10,15H2,1-2H3,(H,16,20);1H. The summed E-state index contributed by atoms with van der Waals surface area (Å²) in [7, 11) is 1.61. The predicted molar refractivity (Wildman–Crippen MR) is 86.6 cm³/mol. The van der Waals surface area contributed by atoms with Gasteiger partial charge in [0.25, 0.3) is 0 Å². The molecule has 0 radical (unpaired) electrons. The van der Waals surface area contributed by atoms with Gasteiger partial charge >= 0.3 is 0 Å². The van der Waals surface area contributed by atoms with Crippen LogP contribution in [0.5, 0.6) is 0 Å². The van der Waals surface area contributed by atoms with E-state index in [0.29, 0.717) is 26.1 Å². The SMILES string of the molecule is CC(=O)N(C)CC(=O)N1CCCCC1CNC(=O)CCN.Cl. The molecule has 1 atom stereocenters. The molecule has 8 heteroatoms. The minimum absolute atomic E-state index is 0. The van der Waals surface area contributed by atoms with E-state index in [0.717, 1.165) is 19.3 Å². The Bertz CT molecular complexity index is 392. The number of likely N-dealkylation sites (N-methyl/N-ethyl adjacent to an activating group) is 1. The number of nitrogens with zero attached hydrogens (tertiary/aromatic N) is 2. The van der Waals surface area contributed by atoms with Crippen LogP contribution in [0.2, 0.25) is 0 Å². The fraction of sp³-hybridized carbons (Fsp3) is 0.786. The second-order valence-corrected chi connectivity index (χ2v) is 5.45. The molecular weight excluding hydrogens is 308 g/mol. The highest BCUT2D eigenvalue weighted by Gasteiger charge is 2.27. The van der Waals surface area contributed by atoms with Crippen molar-refractivity contribution in [2.75, 3.05) is 33.2 Å². The van der Waals surface area contributed by atoms with E-state index in [1.54, 1.807) is 11.9 Å². The van der Waals surface area contributed by atoms with Gasteiger partial charge in [0.1, 0.15) is 0 Å². The van der Waals surface area contributed by atoms with Crippen LogP contribution in [0.4, 0.5) is 0 Å². The summed E-state index contributed by atoms with van der Waals surface area (Å²) >= 11 is 0. The topological polar surface area (TPSA) is 95.7 Å². The van der Waals surface area contributed by atoms with Crippen LogP contribution < -0.4 is 11.1 Å². The number of carbonyl (C=O) groups is 3. The van der Waals surface area contributed by atoms with Gasteiger partial charge in [0.15, 0.2) is 0 Å². The van der Waals surface area contributed by atoms with E-state index < -0.39 is 0 Å². The number of carbonyl (C=O) groups excluding carboxylic acids is 3. The van der Waals surface area contributed by atoms with Crippen molar-refractivity contribution >= 4 is 30.1 Å². The van der Waals surface area contributed by atoms with Gasteiger partial charge < -0.3 is 20.9 Å². The smallest absolute Gasteiger partial charge is 0.242 e. The van der Waals surface area contributed by atoms with E-state index in [9.17, 15) is 14.4 Å². The van der Waals surface area contributed by atoms with Crippen molar-refractivity contribution < 1.29 is 14.4 Å². The Morgan fingerprint density at radius 1 is 1.32 bits per heavy atom. The number of amides is 3. The summed E-state index contributed by atoms with van der Waals surface area (Å²) in [5.74, 6) is -0.282. The monoisotopic (exact) mass is 334 g/mol. The fourth-order valence-electron chi connectivity index (χ4n) is 2.40. The van der Waals surface area contributed by atoms with Crippen LogP contribution in [-0.4, -0.2) is 66.8 Å². The summed E-state index contributed by atoms with van der Waals surface area (Å²) in [6.07, 6.45) is 3.18. The van der Waals surface area contributed by atoms with Crippen molar-refractivity contribution in [3.05, 3.63) is 0 Å². The van der Waals surface area contributed by atoms with Crippen LogP contribution in [0.3, 0.4) is 0 Å². The van der Waals surface area contributed by atoms with Crippen molar-refractivity contribution in [1.29, 1.82) is 0 Å². The summed E-state index contributed by atoms with van der Waals surface area (Å²) in [4.78, 5) is 38.2. The van der Waals surface area contributed by atoms with Gasteiger partial charge in [0, 0.05) is 46.1 Å². The van der Waals surface area contributed by atoms with Gasteiger partial charge in [-0.2, -0.15) is 0 Å². The Hall–Kier alpha value is -1.34. The Morgan fingerprint density at radius 3 is 2.59 bits per heavy atom. The van der Waals surface area contributed by atoms with Gasteiger partial charge in [0.05, 0.1) is 6.54 Å². The first-order valence-corrected chi connectivity index (χ1v) is 7.43. The van der Waals surface area contributed by atoms with Crippen molar-refractivity contribution in [3.63, 3.8) is 0 Å². The molecule has 0 aromatic heterocycles. The summed E-state index contributed by atoms with van der Waals surface area (Å²) in [6, 6.07) is 0.00772. The van der Waals surface area contributed by atoms with Gasteiger partial charge in [-0.05, 0) is 19.3 Å². The third-order valence-electron chi connectivity index (χ3n) is 3.76. The van der Waals surface area contributed by atoms with Gasteiger partial charge in [-0.1, -0.05) is 0 Å². The van der Waals surface area contributed by atoms with E-state index in [1.807, 2.05) is 0 Å². The minimum atomic E-state index is -0.131. The molecule has 3 N–H and O–H groups in total. The van der Waals surface area contributed by atoms with E-state index in [4.69, 9.17) is 5.73 Å². The van der Waals surface area contributed by atoms with Gasteiger partial charge in [-0.15, -0.1) is 12.4 Å². The number of nitrogens with two attached hydrogens (primary N) is 1. The summed E-state index contributed by atoms with van der Waals surface area (Å²) in [6.45, 7) is 2.98. The number of piperidine rings is 1. The second kappa shape index (κ2) is 10.4. The summed E-state index contributed by atoms with van der Waals surface area (Å²) < 4.78 is 0. The van der Waals surface area contributed by atoms with E-state index in [1.165, 1.54) is 11.8 Å². The number of halogens is 1. The molecule has 3 amide bonds. The lowest BCUT2D eigenvalue weighted by Crippen LogP contribution is -2.52. The number of rotatable bonds is 6. The van der Waals surface area contributed by atoms with Crippen LogP contribution >= 0.6 is 12.4 Å². The number of likely N-dealkylation sites (tertiary alicyclic amines) is 1. The maximum Gasteiger partial charge on any atom is 0.242 e. The average molecular weight is 335 g/mol. The number of hydrogen-bond donors (Lipinski definition) is 2. The Balaban J connectivity index is 0.00000441. The molecule has 1 unspecified atom stereocenters. The molecule has 1 heterocycles. The molecule has 1 fully saturated rings. The molecule has 0 aromatic rings. The second-order valence-electron chi connectivity index (χ2n) is 5.45. The van der Waals surface area contributed by atoms with Crippen molar-refractivity contribution in [1.82, 2.24) is 15.1 Å². The molecule has 128 valence electrons. The zero-order valence-corrected chi connectivity index (χ0v) is 14.2. The molecule has 0 aromatic carbocycles. The van der Waals surface area contributed by atoms with E-state index in [-0.39, 0.29) is 42.7 Å². The lowest BCUT2D eigenvalue weighted by atomic mass is 10.0. The Labute approximate surface area is 138 Å². The van der Waals surface area contributed by atoms with Crippen LogP contribution in [-0.2, 0) is 14.4 Å². The van der Waals surface area contributed by atoms with Crippen LogP contribution in [0, 0.1) is 0 Å². The molecule has 1 saturated heterocycles. The Morgan fingerprint density at radius 2 is 2.00 bits per heavy atom. The maximum atomic E-state index is 12.3. The van der Waals surface area contributed by atoms with Crippen LogP contribution in [0.15, 0.2) is 0 Å². The maximum absolute atomic E-state index is 12.3. The zero-order chi connectivity index (χ0) is 15.8. The van der Waals surface area contributed by atoms with Crippen LogP contribution in [0.1, 0.15) is 32.6 Å². The first-order chi connectivity index (χ1) is 9.95. The highest BCUT2D eigenvalue weighted by Crippen LogP contribution is 2.17. The summed E-state index contributed by atoms with van der Waals surface area (Å²) in [5, 5.41) is 2.82. The third-order valence-corrected chi connectivity index (χ3v) is 3.76. The third kappa shape index (κ3) is 6.62. The molecule has 0 spiro atoms. The van der Waals surface area contributed by atoms with E-state index in [2.05, 4.69) is 5.32 Å². The van der Waals surface area contributed by atoms with Crippen molar-refractivity contribution in [2.24, 2.45) is 5.73 Å². The van der Waals surface area contributed by atoms with E-state index >= 15 is 0 Å². The molecule has 0 bridgehead atoms. The highest BCUT2D eigenvalue weighted by atomic mass is 35.5. The lowest BCUT2D eigenvalue weighted by Gasteiger charge is -2.36. The molecule has 1 aliphatic rings. The largest absolute Gasteiger partial charge is 0.354 e. The fourth-order valence-corrected chi connectivity index (χ4v) is 2.40. The van der Waals surface area contributed by atoms with Gasteiger partial charge in [0.2, 0.25) is 17.7 Å². The molecule has 22 heavy (non-hydrogen) atoms. The predicted octanol–water partition coefficient (Wildman–Crippen LogP) is -0.267. The van der Waals surface area contributed by atoms with Crippen molar-refractivity contribution in [3.8, 4) is 0 Å². The molecular formula is C14H27ClN4O3. The highest BCUT2D eigenvalue weighted by molar-refractivity contribution is 5.85. The lowest BCUT2D eigenvalue weighted by molar-refractivity contribution is -0.141. The number of nitrogens with one attached hydrogen (secondary N) is 1. The van der Waals surface area contributed by atoms with Crippen molar-refractivity contribution in [2.45, 2.75) is 38.6 Å². The van der Waals surface area contributed by atoms with Gasteiger partial charge in [-0.25, -0.2) is 0 Å². The Kier molecular flexibility index (Phi) is 9.76. The van der Waals surface area contributed by atoms with Crippen LogP contribution in [0.25, 0.3) is 0 Å². The van der Waals surface area contributed by atoms with Gasteiger partial charge in [-0.3, -0.25) is 14.4 Å². The average Bonchev–Trinajstić information content (AvgIpc) is 2.45.